The van der Waals surface area contributed by atoms with E-state index in [1.165, 1.54) is 0 Å². The average Bonchev–Trinajstić information content (AvgIpc) is 2.90. The zero-order valence-electron chi connectivity index (χ0n) is 14.7. The molecule has 2 amide bonds. The maximum Gasteiger partial charge on any atom is 0.248 e. The normalized spacial score (nSPS) is 14.0. The number of thiophene rings is 1. The van der Waals surface area contributed by atoms with Crippen molar-refractivity contribution in [1.82, 2.24) is 4.90 Å². The summed E-state index contributed by atoms with van der Waals surface area (Å²) >= 11 is 7.76. The molecule has 0 aliphatic carbocycles. The largest absolute Gasteiger partial charge is 0.366 e. The SMILES string of the molecule is NC(=O)c1ccc2c(c1)CCCN(C(=O)Cc1csc3ccc(Cl)cc13)C2. The molecule has 0 saturated heterocycles. The first-order chi connectivity index (χ1) is 13.0. The van der Waals surface area contributed by atoms with Gasteiger partial charge in [0.25, 0.3) is 0 Å². The Bertz CT molecular complexity index is 1040. The molecule has 0 radical (unpaired) electrons. The van der Waals surface area contributed by atoms with Crippen LogP contribution in [0.25, 0.3) is 10.1 Å². The minimum Gasteiger partial charge on any atom is -0.366 e. The van der Waals surface area contributed by atoms with Gasteiger partial charge in [-0.1, -0.05) is 17.7 Å². The summed E-state index contributed by atoms with van der Waals surface area (Å²) in [5.41, 5.74) is 9.12. The van der Waals surface area contributed by atoms with Crippen LogP contribution in [-0.2, 0) is 24.2 Å². The maximum absolute atomic E-state index is 13.0. The zero-order valence-corrected chi connectivity index (χ0v) is 16.3. The van der Waals surface area contributed by atoms with Crippen molar-refractivity contribution in [2.24, 2.45) is 5.73 Å². The predicted molar refractivity (Wildman–Crippen MR) is 109 cm³/mol. The summed E-state index contributed by atoms with van der Waals surface area (Å²) in [4.78, 5) is 26.3. The highest BCUT2D eigenvalue weighted by molar-refractivity contribution is 7.17. The van der Waals surface area contributed by atoms with Crippen LogP contribution in [0.2, 0.25) is 5.02 Å². The summed E-state index contributed by atoms with van der Waals surface area (Å²) in [6.07, 6.45) is 2.09. The van der Waals surface area contributed by atoms with E-state index in [0.717, 1.165) is 39.6 Å². The van der Waals surface area contributed by atoms with Crippen LogP contribution in [0.4, 0.5) is 0 Å². The van der Waals surface area contributed by atoms with Crippen LogP contribution in [0.5, 0.6) is 0 Å². The highest BCUT2D eigenvalue weighted by atomic mass is 35.5. The van der Waals surface area contributed by atoms with Gasteiger partial charge in [0.2, 0.25) is 11.8 Å². The van der Waals surface area contributed by atoms with Crippen LogP contribution < -0.4 is 5.73 Å². The molecule has 0 saturated carbocycles. The number of carbonyl (C=O) groups is 2. The number of hydrogen-bond donors (Lipinski definition) is 1. The van der Waals surface area contributed by atoms with E-state index in [2.05, 4.69) is 0 Å². The Kier molecular flexibility index (Phi) is 4.89. The van der Waals surface area contributed by atoms with E-state index in [-0.39, 0.29) is 5.91 Å². The number of benzene rings is 2. The van der Waals surface area contributed by atoms with Gasteiger partial charge in [0, 0.05) is 28.4 Å². The van der Waals surface area contributed by atoms with Crippen LogP contribution >= 0.6 is 22.9 Å². The van der Waals surface area contributed by atoms with Crippen molar-refractivity contribution in [2.75, 3.05) is 6.54 Å². The van der Waals surface area contributed by atoms with Gasteiger partial charge in [-0.25, -0.2) is 0 Å². The predicted octanol–water partition coefficient (Wildman–Crippen LogP) is 4.17. The lowest BCUT2D eigenvalue weighted by Gasteiger charge is -2.21. The van der Waals surface area contributed by atoms with Gasteiger partial charge in [-0.2, -0.15) is 0 Å². The molecule has 6 heteroatoms. The van der Waals surface area contributed by atoms with E-state index in [0.29, 0.717) is 30.1 Å². The molecule has 0 atom stereocenters. The molecule has 4 nitrogen and oxygen atoms in total. The average molecular weight is 399 g/mol. The van der Waals surface area contributed by atoms with Crippen molar-refractivity contribution in [3.8, 4) is 0 Å². The van der Waals surface area contributed by atoms with Gasteiger partial charge in [0.05, 0.1) is 6.42 Å². The molecule has 4 rings (SSSR count). The van der Waals surface area contributed by atoms with Crippen LogP contribution in [0.1, 0.15) is 33.5 Å². The molecule has 138 valence electrons. The Morgan fingerprint density at radius 3 is 2.81 bits per heavy atom. The molecule has 0 bridgehead atoms. The summed E-state index contributed by atoms with van der Waals surface area (Å²) in [5, 5.41) is 3.79. The number of hydrogen-bond acceptors (Lipinski definition) is 3. The van der Waals surface area contributed by atoms with Gasteiger partial charge in [-0.3, -0.25) is 9.59 Å². The summed E-state index contributed by atoms with van der Waals surface area (Å²) < 4.78 is 1.14. The molecule has 27 heavy (non-hydrogen) atoms. The number of aryl methyl sites for hydroxylation is 1. The standard InChI is InChI=1S/C21H19ClN2O2S/c22-17-5-6-19-18(10-17)16(12-27-19)9-20(25)24-7-1-2-13-8-14(21(23)26)3-4-15(13)11-24/h3-6,8,10,12H,1-2,7,9,11H2,(H2,23,26). The molecule has 0 spiro atoms. The number of fused-ring (bicyclic) bond motifs is 2. The summed E-state index contributed by atoms with van der Waals surface area (Å²) in [6, 6.07) is 11.3. The Morgan fingerprint density at radius 2 is 2.00 bits per heavy atom. The molecule has 0 fully saturated rings. The third-order valence-corrected chi connectivity index (χ3v) is 6.28. The fourth-order valence-corrected chi connectivity index (χ4v) is 4.70. The lowest BCUT2D eigenvalue weighted by atomic mass is 10.0. The van der Waals surface area contributed by atoms with Crippen molar-refractivity contribution in [3.05, 3.63) is 69.1 Å². The molecule has 1 aliphatic rings. The van der Waals surface area contributed by atoms with Gasteiger partial charge in [-0.05, 0) is 70.6 Å². The highest BCUT2D eigenvalue weighted by Crippen LogP contribution is 2.29. The van der Waals surface area contributed by atoms with Gasteiger partial charge in [0.15, 0.2) is 0 Å². The quantitative estimate of drug-likeness (QED) is 0.719. The minimum atomic E-state index is -0.419. The molecule has 0 unspecified atom stereocenters. The first kappa shape index (κ1) is 18.0. The lowest BCUT2D eigenvalue weighted by molar-refractivity contribution is -0.131. The van der Waals surface area contributed by atoms with E-state index >= 15 is 0 Å². The lowest BCUT2D eigenvalue weighted by Crippen LogP contribution is -2.31. The molecule has 1 aliphatic heterocycles. The molecule has 2 aromatic carbocycles. The van der Waals surface area contributed by atoms with Gasteiger partial charge in [0.1, 0.15) is 0 Å². The fraction of sp³-hybridized carbons (Fsp3) is 0.238. The van der Waals surface area contributed by atoms with Gasteiger partial charge in [-0.15, -0.1) is 11.3 Å². The van der Waals surface area contributed by atoms with Crippen LogP contribution in [0.15, 0.2) is 41.8 Å². The Hall–Kier alpha value is -2.37. The van der Waals surface area contributed by atoms with Crippen molar-refractivity contribution >= 4 is 44.8 Å². The first-order valence-electron chi connectivity index (χ1n) is 8.86. The second-order valence-corrected chi connectivity index (χ2v) is 8.19. The summed E-state index contributed by atoms with van der Waals surface area (Å²) in [7, 11) is 0. The third-order valence-electron chi connectivity index (χ3n) is 5.04. The van der Waals surface area contributed by atoms with Crippen molar-refractivity contribution in [2.45, 2.75) is 25.8 Å². The minimum absolute atomic E-state index is 0.113. The number of carbonyl (C=O) groups excluding carboxylic acids is 2. The van der Waals surface area contributed by atoms with Crippen molar-refractivity contribution in [3.63, 3.8) is 0 Å². The Morgan fingerprint density at radius 1 is 1.15 bits per heavy atom. The number of amides is 2. The zero-order chi connectivity index (χ0) is 19.0. The van der Waals surface area contributed by atoms with E-state index < -0.39 is 5.91 Å². The van der Waals surface area contributed by atoms with Gasteiger partial charge < -0.3 is 10.6 Å². The van der Waals surface area contributed by atoms with Gasteiger partial charge >= 0.3 is 0 Å². The molecule has 2 N–H and O–H groups in total. The number of rotatable bonds is 3. The second kappa shape index (κ2) is 7.33. The Labute approximate surface area is 166 Å². The monoisotopic (exact) mass is 398 g/mol. The molecule has 2 heterocycles. The van der Waals surface area contributed by atoms with E-state index in [1.54, 1.807) is 17.4 Å². The highest BCUT2D eigenvalue weighted by Gasteiger charge is 2.21. The van der Waals surface area contributed by atoms with Crippen LogP contribution in [-0.4, -0.2) is 23.3 Å². The third kappa shape index (κ3) is 3.70. The molecular formula is C21H19ClN2O2S. The first-order valence-corrected chi connectivity index (χ1v) is 10.1. The smallest absolute Gasteiger partial charge is 0.248 e. The van der Waals surface area contributed by atoms with E-state index in [9.17, 15) is 9.59 Å². The van der Waals surface area contributed by atoms with Crippen LogP contribution in [0.3, 0.4) is 0 Å². The number of primary amides is 1. The molecule has 1 aromatic heterocycles. The van der Waals surface area contributed by atoms with Crippen molar-refractivity contribution in [1.29, 1.82) is 0 Å². The van der Waals surface area contributed by atoms with Crippen molar-refractivity contribution < 1.29 is 9.59 Å². The number of halogens is 1. The number of nitrogens with two attached hydrogens (primary N) is 1. The van der Waals surface area contributed by atoms with E-state index in [1.807, 2.05) is 40.6 Å². The van der Waals surface area contributed by atoms with E-state index in [4.69, 9.17) is 17.3 Å². The summed E-state index contributed by atoms with van der Waals surface area (Å²) in [5.74, 6) is -0.306. The number of nitrogens with zero attached hydrogens (tertiary/aromatic N) is 1. The summed E-state index contributed by atoms with van der Waals surface area (Å²) in [6.45, 7) is 1.28. The Balaban J connectivity index is 1.55. The molecular weight excluding hydrogens is 380 g/mol. The topological polar surface area (TPSA) is 63.4 Å². The van der Waals surface area contributed by atoms with Crippen LogP contribution in [0, 0.1) is 0 Å². The second-order valence-electron chi connectivity index (χ2n) is 6.84. The molecule has 3 aromatic rings. The fourth-order valence-electron chi connectivity index (χ4n) is 3.59. The maximum atomic E-state index is 13.0.